The van der Waals surface area contributed by atoms with E-state index in [1.807, 2.05) is 41.5 Å². The van der Waals surface area contributed by atoms with Gasteiger partial charge in [-0.1, -0.05) is 24.3 Å². The fraction of sp³-hybridized carbons (Fsp3) is 0.333. The molecule has 10 N–H and O–H groups in total. The van der Waals surface area contributed by atoms with Gasteiger partial charge in [0.1, 0.15) is 11.5 Å². The molecular weight excluding hydrogens is 809 g/mol. The maximum Gasteiger partial charge on any atom is 0.157 e. The van der Waals surface area contributed by atoms with Crippen LogP contribution < -0.4 is 0 Å². The molecule has 4 aliphatic carbocycles. The van der Waals surface area contributed by atoms with Gasteiger partial charge in [-0.15, -0.1) is 0 Å². The lowest BCUT2D eigenvalue weighted by molar-refractivity contribution is -0.0282. The first-order valence-electron chi connectivity index (χ1n) is 22.0. The van der Waals surface area contributed by atoms with Gasteiger partial charge in [-0.2, -0.15) is 0 Å². The van der Waals surface area contributed by atoms with Crippen molar-refractivity contribution in [2.24, 2.45) is 11.8 Å². The SMILES string of the molecule is Cc1cc(O)c(O)cc1C(c1cc(O)c(O)cc1C)c1cc(C23CC4CC(C2)CC(c2cc(C)c(O)c(C(c5cc(O)c(O)cc5C)c5cc(O)c(O)cc5C)c2)(C4)C3)cc(C)c1O. The van der Waals surface area contributed by atoms with Gasteiger partial charge >= 0.3 is 0 Å². The van der Waals surface area contributed by atoms with Gasteiger partial charge in [0.2, 0.25) is 0 Å². The van der Waals surface area contributed by atoms with Gasteiger partial charge in [0.15, 0.2) is 46.0 Å². The highest BCUT2D eigenvalue weighted by atomic mass is 16.3. The molecule has 0 saturated heterocycles. The Bertz CT molecular complexity index is 2590. The van der Waals surface area contributed by atoms with Crippen molar-refractivity contribution in [1.29, 1.82) is 0 Å². The molecule has 0 amide bonds. The summed E-state index contributed by atoms with van der Waals surface area (Å²) in [6, 6.07) is 20.3. The number of benzene rings is 6. The van der Waals surface area contributed by atoms with Gasteiger partial charge in [0, 0.05) is 23.0 Å². The maximum atomic E-state index is 12.1. The standard InChI is InChI=1S/C54H56O10/c1-25-9-41(55)45(59)16-35(25)49(36-17-46(60)42(56)10-26(36)2)39-14-33(7-29(5)51(39)63)53-20-31-13-32(21-53)23-54(22-31,24-53)34-8-30(6)52(64)40(15-34)50(37-18-47(61)43(57)11-27(37)3)38-19-48(62)44(58)12-28(38)4/h7-12,14-19,31-32,49-50,55-64H,13,20-24H2,1-6H3. The highest BCUT2D eigenvalue weighted by molar-refractivity contribution is 5.63. The molecule has 4 bridgehead atoms. The number of aromatic hydroxyl groups is 10. The van der Waals surface area contributed by atoms with Crippen molar-refractivity contribution in [3.8, 4) is 57.5 Å². The summed E-state index contributed by atoms with van der Waals surface area (Å²) in [4.78, 5) is 0. The van der Waals surface area contributed by atoms with Crippen LogP contribution in [0.1, 0.15) is 128 Å². The van der Waals surface area contributed by atoms with Crippen LogP contribution in [0.15, 0.2) is 72.8 Å². The summed E-state index contributed by atoms with van der Waals surface area (Å²) in [5.74, 6) is -2.84. The molecule has 0 atom stereocenters. The van der Waals surface area contributed by atoms with Crippen LogP contribution in [0.2, 0.25) is 0 Å². The fourth-order valence-corrected chi connectivity index (χ4v) is 12.6. The Hall–Kier alpha value is -6.68. The summed E-state index contributed by atoms with van der Waals surface area (Å²) >= 11 is 0. The summed E-state index contributed by atoms with van der Waals surface area (Å²) in [6.07, 6.45) is 5.68. The Morgan fingerprint density at radius 2 is 0.609 bits per heavy atom. The molecule has 0 aromatic heterocycles. The van der Waals surface area contributed by atoms with E-state index in [-0.39, 0.29) is 68.3 Å². The fourth-order valence-electron chi connectivity index (χ4n) is 12.6. The predicted molar refractivity (Wildman–Crippen MR) is 244 cm³/mol. The van der Waals surface area contributed by atoms with E-state index >= 15 is 0 Å². The molecule has 4 fully saturated rings. The van der Waals surface area contributed by atoms with Gasteiger partial charge in [0.25, 0.3) is 0 Å². The molecule has 0 aliphatic heterocycles. The summed E-state index contributed by atoms with van der Waals surface area (Å²) in [5, 5.41) is 109. The highest BCUT2D eigenvalue weighted by Gasteiger charge is 2.59. The third kappa shape index (κ3) is 6.77. The number of rotatable bonds is 8. The molecule has 10 heteroatoms. The van der Waals surface area contributed by atoms with E-state index in [1.165, 1.54) is 48.5 Å². The highest BCUT2D eigenvalue weighted by Crippen LogP contribution is 2.67. The predicted octanol–water partition coefficient (Wildman–Crippen LogP) is 10.7. The topological polar surface area (TPSA) is 202 Å². The molecule has 0 unspecified atom stereocenters. The van der Waals surface area contributed by atoms with E-state index in [0.29, 0.717) is 78.6 Å². The van der Waals surface area contributed by atoms with Crippen LogP contribution in [0.5, 0.6) is 57.5 Å². The minimum Gasteiger partial charge on any atom is -0.507 e. The molecule has 4 saturated carbocycles. The van der Waals surface area contributed by atoms with Gasteiger partial charge in [0.05, 0.1) is 0 Å². The third-order valence-corrected chi connectivity index (χ3v) is 15.3. The van der Waals surface area contributed by atoms with E-state index in [9.17, 15) is 51.1 Å². The van der Waals surface area contributed by atoms with Crippen LogP contribution in [-0.4, -0.2) is 51.1 Å². The Morgan fingerprint density at radius 1 is 0.344 bits per heavy atom. The van der Waals surface area contributed by atoms with Crippen molar-refractivity contribution in [3.63, 3.8) is 0 Å². The average molecular weight is 865 g/mol. The maximum absolute atomic E-state index is 12.1. The summed E-state index contributed by atoms with van der Waals surface area (Å²) in [7, 11) is 0. The first-order valence-corrected chi connectivity index (χ1v) is 22.0. The summed E-state index contributed by atoms with van der Waals surface area (Å²) in [6.45, 7) is 11.1. The Morgan fingerprint density at radius 3 is 0.891 bits per heavy atom. The second-order valence-electron chi connectivity index (χ2n) is 19.6. The molecule has 0 radical (unpaired) electrons. The Labute approximate surface area is 372 Å². The smallest absolute Gasteiger partial charge is 0.157 e. The van der Waals surface area contributed by atoms with E-state index in [4.69, 9.17) is 0 Å². The minimum atomic E-state index is -0.704. The van der Waals surface area contributed by atoms with Crippen molar-refractivity contribution < 1.29 is 51.1 Å². The average Bonchev–Trinajstić information content (AvgIpc) is 3.21. The third-order valence-electron chi connectivity index (χ3n) is 15.3. The summed E-state index contributed by atoms with van der Waals surface area (Å²) in [5.41, 5.74) is 9.19. The summed E-state index contributed by atoms with van der Waals surface area (Å²) < 4.78 is 0. The lowest BCUT2D eigenvalue weighted by Gasteiger charge is -2.63. The zero-order chi connectivity index (χ0) is 45.9. The lowest BCUT2D eigenvalue weighted by Crippen LogP contribution is -2.56. The molecule has 332 valence electrons. The van der Waals surface area contributed by atoms with Gasteiger partial charge < -0.3 is 51.1 Å². The van der Waals surface area contributed by atoms with Crippen molar-refractivity contribution in [1.82, 2.24) is 0 Å². The van der Waals surface area contributed by atoms with Crippen molar-refractivity contribution in [3.05, 3.63) is 151 Å². The molecule has 0 spiro atoms. The Kier molecular flexibility index (Phi) is 9.96. The van der Waals surface area contributed by atoms with E-state index in [2.05, 4.69) is 24.3 Å². The normalized spacial score (nSPS) is 21.3. The molecule has 6 aromatic rings. The van der Waals surface area contributed by atoms with Crippen molar-refractivity contribution in [2.45, 2.75) is 103 Å². The van der Waals surface area contributed by atoms with E-state index < -0.39 is 11.8 Å². The minimum absolute atomic E-state index is 0.0723. The molecular formula is C54H56O10. The number of phenols is 10. The molecule has 0 heterocycles. The van der Waals surface area contributed by atoms with Crippen LogP contribution in [0.4, 0.5) is 0 Å². The first-order chi connectivity index (χ1) is 30.2. The van der Waals surface area contributed by atoms with Crippen molar-refractivity contribution >= 4 is 0 Å². The number of hydrogen-bond acceptors (Lipinski definition) is 10. The zero-order valence-electron chi connectivity index (χ0n) is 37.0. The van der Waals surface area contributed by atoms with Crippen LogP contribution in [0.25, 0.3) is 0 Å². The Balaban J connectivity index is 1.22. The molecule has 6 aromatic carbocycles. The quantitative estimate of drug-likeness (QED) is 0.0518. The van der Waals surface area contributed by atoms with E-state index in [0.717, 1.165) is 49.7 Å². The second kappa shape index (κ2) is 15.0. The number of hydrogen-bond donors (Lipinski definition) is 10. The van der Waals surface area contributed by atoms with Gasteiger partial charge in [-0.25, -0.2) is 0 Å². The van der Waals surface area contributed by atoms with Crippen LogP contribution in [-0.2, 0) is 10.8 Å². The first kappa shape index (κ1) is 42.6. The van der Waals surface area contributed by atoms with E-state index in [1.54, 1.807) is 0 Å². The monoisotopic (exact) mass is 864 g/mol. The number of phenolic OH excluding ortho intramolecular Hbond substituents is 10. The zero-order valence-corrected chi connectivity index (χ0v) is 37.0. The molecule has 10 rings (SSSR count). The molecule has 10 nitrogen and oxygen atoms in total. The van der Waals surface area contributed by atoms with Crippen LogP contribution in [0, 0.1) is 53.4 Å². The van der Waals surface area contributed by atoms with Crippen LogP contribution in [0.3, 0.4) is 0 Å². The van der Waals surface area contributed by atoms with Gasteiger partial charge in [-0.05, 0) is 218 Å². The van der Waals surface area contributed by atoms with Crippen molar-refractivity contribution in [2.75, 3.05) is 0 Å². The number of aryl methyl sites for hydroxylation is 6. The van der Waals surface area contributed by atoms with Gasteiger partial charge in [-0.3, -0.25) is 0 Å². The second-order valence-corrected chi connectivity index (χ2v) is 19.6. The van der Waals surface area contributed by atoms with Crippen LogP contribution >= 0.6 is 0 Å². The molecule has 64 heavy (non-hydrogen) atoms. The molecule has 4 aliphatic rings. The largest absolute Gasteiger partial charge is 0.507 e. The lowest BCUT2D eigenvalue weighted by atomic mass is 9.41.